The summed E-state index contributed by atoms with van der Waals surface area (Å²) in [6, 6.07) is 0. The number of hydrogen-bond acceptors (Lipinski definition) is 2. The molecule has 0 aromatic carbocycles. The van der Waals surface area contributed by atoms with Gasteiger partial charge in [-0.2, -0.15) is 0 Å². The van der Waals surface area contributed by atoms with E-state index < -0.39 is 0 Å². The van der Waals surface area contributed by atoms with Crippen LogP contribution in [0.3, 0.4) is 0 Å². The lowest BCUT2D eigenvalue weighted by Gasteiger charge is -2.44. The number of amides is 1. The highest BCUT2D eigenvalue weighted by molar-refractivity contribution is 5.94. The van der Waals surface area contributed by atoms with E-state index in [1.165, 1.54) is 44.9 Å². The number of piperidine rings is 1. The smallest absolute Gasteiger partial charge is 0.249 e. The molecule has 0 radical (unpaired) electrons. The van der Waals surface area contributed by atoms with Gasteiger partial charge in [0.1, 0.15) is 0 Å². The largest absolute Gasteiger partial charge is 0.333 e. The van der Waals surface area contributed by atoms with Crippen LogP contribution < -0.4 is 0 Å². The lowest BCUT2D eigenvalue weighted by Crippen LogP contribution is -2.53. The Labute approximate surface area is 123 Å². The van der Waals surface area contributed by atoms with Crippen LogP contribution >= 0.6 is 0 Å². The summed E-state index contributed by atoms with van der Waals surface area (Å²) in [6.07, 6.45) is 12.8. The zero-order valence-corrected chi connectivity index (χ0v) is 12.9. The molecule has 0 unspecified atom stereocenters. The Hall–Kier alpha value is -0.830. The summed E-state index contributed by atoms with van der Waals surface area (Å²) in [5.74, 6) is 0.369. The molecular formula is C17H28N2O. The van der Waals surface area contributed by atoms with Gasteiger partial charge in [0.2, 0.25) is 5.91 Å². The Morgan fingerprint density at radius 2 is 1.85 bits per heavy atom. The number of carbonyl (C=O) groups is 1. The average Bonchev–Trinajstić information content (AvgIpc) is 2.68. The average molecular weight is 276 g/mol. The summed E-state index contributed by atoms with van der Waals surface area (Å²) in [6.45, 7) is 3.27. The van der Waals surface area contributed by atoms with Gasteiger partial charge in [-0.3, -0.25) is 4.79 Å². The van der Waals surface area contributed by atoms with Gasteiger partial charge in [-0.1, -0.05) is 12.5 Å². The van der Waals surface area contributed by atoms with Crippen molar-refractivity contribution in [2.24, 2.45) is 0 Å². The molecule has 2 saturated heterocycles. The van der Waals surface area contributed by atoms with Crippen molar-refractivity contribution in [3.8, 4) is 0 Å². The SMILES string of the molecule is CN1CCC2(CCCN2C(=O)C2=CCCCCC2)CC1. The Morgan fingerprint density at radius 3 is 2.65 bits per heavy atom. The first-order valence-electron chi connectivity index (χ1n) is 8.41. The molecule has 0 aromatic rings. The van der Waals surface area contributed by atoms with Crippen molar-refractivity contribution in [1.29, 1.82) is 0 Å². The topological polar surface area (TPSA) is 23.6 Å². The molecule has 3 nitrogen and oxygen atoms in total. The van der Waals surface area contributed by atoms with Crippen molar-refractivity contribution < 1.29 is 4.79 Å². The zero-order chi connectivity index (χ0) is 14.0. The minimum absolute atomic E-state index is 0.191. The van der Waals surface area contributed by atoms with Crippen molar-refractivity contribution in [2.75, 3.05) is 26.7 Å². The maximum Gasteiger partial charge on any atom is 0.249 e. The van der Waals surface area contributed by atoms with Crippen molar-refractivity contribution in [3.05, 3.63) is 11.6 Å². The van der Waals surface area contributed by atoms with Crippen molar-refractivity contribution in [1.82, 2.24) is 9.80 Å². The van der Waals surface area contributed by atoms with Crippen LogP contribution in [0.1, 0.15) is 57.8 Å². The Bertz CT molecular complexity index is 394. The molecule has 2 aliphatic heterocycles. The number of allylic oxidation sites excluding steroid dienone is 1. The second-order valence-corrected chi connectivity index (χ2v) is 6.92. The first kappa shape index (κ1) is 14.1. The number of likely N-dealkylation sites (tertiary alicyclic amines) is 2. The van der Waals surface area contributed by atoms with Gasteiger partial charge in [-0.25, -0.2) is 0 Å². The molecule has 2 fully saturated rings. The molecule has 0 aromatic heterocycles. The van der Waals surface area contributed by atoms with Crippen LogP contribution in [-0.4, -0.2) is 47.9 Å². The van der Waals surface area contributed by atoms with Gasteiger partial charge < -0.3 is 9.80 Å². The van der Waals surface area contributed by atoms with E-state index in [0.717, 1.165) is 38.0 Å². The summed E-state index contributed by atoms with van der Waals surface area (Å²) < 4.78 is 0. The zero-order valence-electron chi connectivity index (χ0n) is 12.9. The van der Waals surface area contributed by atoms with Crippen molar-refractivity contribution >= 4 is 5.91 Å². The highest BCUT2D eigenvalue weighted by Gasteiger charge is 2.45. The third-order valence-corrected chi connectivity index (χ3v) is 5.58. The molecule has 0 atom stereocenters. The molecule has 0 saturated carbocycles. The molecule has 1 spiro atoms. The lowest BCUT2D eigenvalue weighted by atomic mass is 9.84. The van der Waals surface area contributed by atoms with E-state index in [1.54, 1.807) is 0 Å². The minimum atomic E-state index is 0.191. The quantitative estimate of drug-likeness (QED) is 0.735. The van der Waals surface area contributed by atoms with Gasteiger partial charge in [-0.15, -0.1) is 0 Å². The minimum Gasteiger partial charge on any atom is -0.333 e. The van der Waals surface area contributed by atoms with E-state index in [9.17, 15) is 4.79 Å². The van der Waals surface area contributed by atoms with Gasteiger partial charge >= 0.3 is 0 Å². The van der Waals surface area contributed by atoms with Crippen LogP contribution in [0.15, 0.2) is 11.6 Å². The van der Waals surface area contributed by atoms with Crippen LogP contribution in [0.25, 0.3) is 0 Å². The Morgan fingerprint density at radius 1 is 1.05 bits per heavy atom. The molecule has 2 heterocycles. The van der Waals surface area contributed by atoms with Gasteiger partial charge in [0.25, 0.3) is 0 Å². The lowest BCUT2D eigenvalue weighted by molar-refractivity contribution is -0.132. The van der Waals surface area contributed by atoms with E-state index in [-0.39, 0.29) is 5.54 Å². The molecule has 0 bridgehead atoms. The molecule has 3 aliphatic rings. The molecule has 1 amide bonds. The van der Waals surface area contributed by atoms with E-state index >= 15 is 0 Å². The predicted molar refractivity (Wildman–Crippen MR) is 81.6 cm³/mol. The fourth-order valence-electron chi connectivity index (χ4n) is 4.19. The van der Waals surface area contributed by atoms with Crippen LogP contribution in [0.5, 0.6) is 0 Å². The van der Waals surface area contributed by atoms with E-state index in [4.69, 9.17) is 0 Å². The fraction of sp³-hybridized carbons (Fsp3) is 0.824. The second-order valence-electron chi connectivity index (χ2n) is 6.92. The van der Waals surface area contributed by atoms with E-state index in [2.05, 4.69) is 22.9 Å². The van der Waals surface area contributed by atoms with Crippen LogP contribution in [0.4, 0.5) is 0 Å². The summed E-state index contributed by atoms with van der Waals surface area (Å²) >= 11 is 0. The molecule has 0 N–H and O–H groups in total. The fourth-order valence-corrected chi connectivity index (χ4v) is 4.19. The number of carbonyl (C=O) groups excluding carboxylic acids is 1. The number of rotatable bonds is 1. The van der Waals surface area contributed by atoms with Crippen molar-refractivity contribution in [3.63, 3.8) is 0 Å². The van der Waals surface area contributed by atoms with Crippen LogP contribution in [-0.2, 0) is 4.79 Å². The molecule has 20 heavy (non-hydrogen) atoms. The van der Waals surface area contributed by atoms with Gasteiger partial charge in [0.05, 0.1) is 0 Å². The third-order valence-electron chi connectivity index (χ3n) is 5.58. The Kier molecular flexibility index (Phi) is 4.16. The molecule has 3 heteroatoms. The first-order chi connectivity index (χ1) is 9.71. The standard InChI is InChI=1S/C17H28N2O/c1-18-13-10-17(11-14-18)9-6-12-19(17)16(20)15-7-4-2-3-5-8-15/h7H,2-6,8-14H2,1H3. The van der Waals surface area contributed by atoms with E-state index in [1.807, 2.05) is 0 Å². The number of nitrogens with zero attached hydrogens (tertiary/aromatic N) is 2. The number of hydrogen-bond donors (Lipinski definition) is 0. The first-order valence-corrected chi connectivity index (χ1v) is 8.41. The highest BCUT2D eigenvalue weighted by Crippen LogP contribution is 2.39. The third kappa shape index (κ3) is 2.65. The summed E-state index contributed by atoms with van der Waals surface area (Å²) in [7, 11) is 2.20. The van der Waals surface area contributed by atoms with Gasteiger partial charge in [0, 0.05) is 30.7 Å². The second kappa shape index (κ2) is 5.88. The highest BCUT2D eigenvalue weighted by atomic mass is 16.2. The van der Waals surface area contributed by atoms with E-state index in [0.29, 0.717) is 5.91 Å². The van der Waals surface area contributed by atoms with Crippen LogP contribution in [0, 0.1) is 0 Å². The Balaban J connectivity index is 1.74. The van der Waals surface area contributed by atoms with Crippen molar-refractivity contribution in [2.45, 2.75) is 63.3 Å². The maximum absolute atomic E-state index is 13.0. The summed E-state index contributed by atoms with van der Waals surface area (Å²) in [4.78, 5) is 17.6. The van der Waals surface area contributed by atoms with Crippen LogP contribution in [0.2, 0.25) is 0 Å². The molecular weight excluding hydrogens is 248 g/mol. The molecule has 112 valence electrons. The molecule has 3 rings (SSSR count). The summed E-state index contributed by atoms with van der Waals surface area (Å²) in [5.41, 5.74) is 1.30. The monoisotopic (exact) mass is 276 g/mol. The van der Waals surface area contributed by atoms with Gasteiger partial charge in [-0.05, 0) is 58.4 Å². The summed E-state index contributed by atoms with van der Waals surface area (Å²) in [5, 5.41) is 0. The predicted octanol–water partition coefficient (Wildman–Crippen LogP) is 2.96. The van der Waals surface area contributed by atoms with Gasteiger partial charge in [0.15, 0.2) is 0 Å². The maximum atomic E-state index is 13.0. The molecule has 1 aliphatic carbocycles. The normalized spacial score (nSPS) is 27.4.